The number of aryl methyl sites for hydroxylation is 2. The number of benzene rings is 1. The molecular weight excluding hydrogens is 336 g/mol. The minimum absolute atomic E-state index is 0.0125. The van der Waals surface area contributed by atoms with E-state index in [1.54, 1.807) is 18.2 Å². The lowest BCUT2D eigenvalue weighted by molar-refractivity contribution is 0.0961. The minimum Gasteiger partial charge on any atom is -0.487 e. The van der Waals surface area contributed by atoms with Crippen molar-refractivity contribution in [3.05, 3.63) is 39.6 Å². The van der Waals surface area contributed by atoms with Gasteiger partial charge in [0.1, 0.15) is 18.1 Å². The lowest BCUT2D eigenvalue weighted by atomic mass is 10.1. The van der Waals surface area contributed by atoms with Gasteiger partial charge in [-0.25, -0.2) is 0 Å². The van der Waals surface area contributed by atoms with Gasteiger partial charge >= 0.3 is 0 Å². The molecule has 0 amide bonds. The zero-order chi connectivity index (χ0) is 15.0. The first-order valence-electron chi connectivity index (χ1n) is 6.73. The molecule has 0 unspecified atom stereocenters. The van der Waals surface area contributed by atoms with Crippen LogP contribution < -0.4 is 9.47 Å². The molecule has 21 heavy (non-hydrogen) atoms. The third-order valence-electron chi connectivity index (χ3n) is 3.49. The molecule has 1 aliphatic heterocycles. The fourth-order valence-corrected chi connectivity index (χ4v) is 3.02. The molecule has 5 nitrogen and oxygen atoms in total. The molecular formula is C15H15BrN2O3. The lowest BCUT2D eigenvalue weighted by Gasteiger charge is -2.08. The standard InChI is InChI=1S/C15H15BrN2O3/c1-3-11-15(16)12(18(2)17-11)7-20-9-4-5-10-13(19)8-21-14(10)6-9/h4-6H,3,7-8H2,1-2H3. The molecule has 1 aromatic carbocycles. The average molecular weight is 351 g/mol. The van der Waals surface area contributed by atoms with Crippen LogP contribution in [0.5, 0.6) is 11.5 Å². The zero-order valence-electron chi connectivity index (χ0n) is 11.9. The molecule has 0 saturated carbocycles. The summed E-state index contributed by atoms with van der Waals surface area (Å²) < 4.78 is 13.9. The number of Topliss-reactive ketones (excluding diaryl/α,β-unsaturated/α-hetero) is 1. The van der Waals surface area contributed by atoms with Crippen LogP contribution in [0.15, 0.2) is 22.7 Å². The van der Waals surface area contributed by atoms with Gasteiger partial charge in [-0.3, -0.25) is 9.48 Å². The molecule has 2 aromatic rings. The predicted octanol–water partition coefficient (Wildman–Crippen LogP) is 2.90. The first kappa shape index (κ1) is 14.1. The van der Waals surface area contributed by atoms with Crippen LogP contribution in [0.2, 0.25) is 0 Å². The summed E-state index contributed by atoms with van der Waals surface area (Å²) in [4.78, 5) is 11.5. The molecule has 1 aliphatic rings. The van der Waals surface area contributed by atoms with E-state index in [2.05, 4.69) is 28.0 Å². The van der Waals surface area contributed by atoms with E-state index >= 15 is 0 Å². The van der Waals surface area contributed by atoms with Crippen molar-refractivity contribution < 1.29 is 14.3 Å². The van der Waals surface area contributed by atoms with Crippen LogP contribution >= 0.6 is 15.9 Å². The molecule has 0 spiro atoms. The van der Waals surface area contributed by atoms with Crippen LogP contribution in [-0.4, -0.2) is 22.2 Å². The minimum atomic E-state index is 0.0125. The van der Waals surface area contributed by atoms with Crippen molar-refractivity contribution in [1.29, 1.82) is 0 Å². The number of carbonyl (C=O) groups is 1. The van der Waals surface area contributed by atoms with Crippen LogP contribution in [0.3, 0.4) is 0 Å². The number of rotatable bonds is 4. The summed E-state index contributed by atoms with van der Waals surface area (Å²) in [7, 11) is 1.90. The number of ketones is 1. The molecule has 0 N–H and O–H groups in total. The molecule has 110 valence electrons. The van der Waals surface area contributed by atoms with E-state index in [-0.39, 0.29) is 12.4 Å². The van der Waals surface area contributed by atoms with Gasteiger partial charge in [-0.05, 0) is 34.5 Å². The van der Waals surface area contributed by atoms with Crippen molar-refractivity contribution in [2.75, 3.05) is 6.61 Å². The fourth-order valence-electron chi connectivity index (χ4n) is 2.29. The molecule has 1 aromatic heterocycles. The first-order chi connectivity index (χ1) is 10.1. The topological polar surface area (TPSA) is 53.4 Å². The first-order valence-corrected chi connectivity index (χ1v) is 7.52. The van der Waals surface area contributed by atoms with Crippen molar-refractivity contribution >= 4 is 21.7 Å². The second kappa shape index (κ2) is 5.52. The number of hydrogen-bond donors (Lipinski definition) is 0. The predicted molar refractivity (Wildman–Crippen MR) is 80.9 cm³/mol. The maximum Gasteiger partial charge on any atom is 0.203 e. The SMILES string of the molecule is CCc1nn(C)c(COc2ccc3c(c2)OCC3=O)c1Br. The summed E-state index contributed by atoms with van der Waals surface area (Å²) >= 11 is 3.56. The van der Waals surface area contributed by atoms with E-state index < -0.39 is 0 Å². The Morgan fingerprint density at radius 1 is 1.48 bits per heavy atom. The third kappa shape index (κ3) is 2.55. The van der Waals surface area contributed by atoms with Gasteiger partial charge < -0.3 is 9.47 Å². The second-order valence-corrected chi connectivity index (χ2v) is 5.64. The van der Waals surface area contributed by atoms with Crippen molar-refractivity contribution in [3.63, 3.8) is 0 Å². The highest BCUT2D eigenvalue weighted by Gasteiger charge is 2.21. The normalized spacial score (nSPS) is 13.2. The summed E-state index contributed by atoms with van der Waals surface area (Å²) in [5, 5.41) is 4.43. The summed E-state index contributed by atoms with van der Waals surface area (Å²) in [5.74, 6) is 1.28. The smallest absolute Gasteiger partial charge is 0.203 e. The van der Waals surface area contributed by atoms with Crippen LogP contribution in [0.25, 0.3) is 0 Å². The Morgan fingerprint density at radius 3 is 3.00 bits per heavy atom. The van der Waals surface area contributed by atoms with Gasteiger partial charge in [-0.1, -0.05) is 6.92 Å². The van der Waals surface area contributed by atoms with E-state index in [1.807, 2.05) is 11.7 Å². The number of ether oxygens (including phenoxy) is 2. The fraction of sp³-hybridized carbons (Fsp3) is 0.333. The van der Waals surface area contributed by atoms with Gasteiger partial charge in [-0.2, -0.15) is 5.10 Å². The van der Waals surface area contributed by atoms with Gasteiger partial charge in [0, 0.05) is 13.1 Å². The van der Waals surface area contributed by atoms with Crippen molar-refractivity contribution in [3.8, 4) is 11.5 Å². The second-order valence-electron chi connectivity index (χ2n) is 4.84. The van der Waals surface area contributed by atoms with E-state index in [1.165, 1.54) is 0 Å². The summed E-state index contributed by atoms with van der Waals surface area (Å²) in [5.41, 5.74) is 2.61. The molecule has 0 bridgehead atoms. The zero-order valence-corrected chi connectivity index (χ0v) is 13.4. The number of halogens is 1. The van der Waals surface area contributed by atoms with Crippen molar-refractivity contribution in [2.24, 2.45) is 7.05 Å². The van der Waals surface area contributed by atoms with E-state index in [0.29, 0.717) is 23.7 Å². The molecule has 0 atom stereocenters. The molecule has 3 rings (SSSR count). The van der Waals surface area contributed by atoms with E-state index in [9.17, 15) is 4.79 Å². The maximum absolute atomic E-state index is 11.5. The Hall–Kier alpha value is -1.82. The Labute approximate surface area is 131 Å². The van der Waals surface area contributed by atoms with Crippen LogP contribution in [0.1, 0.15) is 28.7 Å². The highest BCUT2D eigenvalue weighted by atomic mass is 79.9. The number of aromatic nitrogens is 2. The lowest BCUT2D eigenvalue weighted by Crippen LogP contribution is -2.03. The van der Waals surface area contributed by atoms with Crippen molar-refractivity contribution in [2.45, 2.75) is 20.0 Å². The van der Waals surface area contributed by atoms with Gasteiger partial charge in [0.2, 0.25) is 5.78 Å². The summed E-state index contributed by atoms with van der Waals surface area (Å²) in [6, 6.07) is 5.29. The number of nitrogens with zero attached hydrogens (tertiary/aromatic N) is 2. The quantitative estimate of drug-likeness (QED) is 0.850. The average Bonchev–Trinajstić information content (AvgIpc) is 2.98. The van der Waals surface area contributed by atoms with Gasteiger partial charge in [0.25, 0.3) is 0 Å². The van der Waals surface area contributed by atoms with Crippen LogP contribution in [0.4, 0.5) is 0 Å². The van der Waals surface area contributed by atoms with Gasteiger partial charge in [0.15, 0.2) is 6.61 Å². The molecule has 0 radical (unpaired) electrons. The number of carbonyl (C=O) groups excluding carboxylic acids is 1. The largest absolute Gasteiger partial charge is 0.487 e. The Morgan fingerprint density at radius 2 is 2.29 bits per heavy atom. The Bertz CT molecular complexity index is 709. The molecule has 0 aliphatic carbocycles. The maximum atomic E-state index is 11.5. The Balaban J connectivity index is 1.77. The highest BCUT2D eigenvalue weighted by Crippen LogP contribution is 2.30. The van der Waals surface area contributed by atoms with E-state index in [4.69, 9.17) is 9.47 Å². The monoisotopic (exact) mass is 350 g/mol. The number of hydrogen-bond acceptors (Lipinski definition) is 4. The molecule has 6 heteroatoms. The summed E-state index contributed by atoms with van der Waals surface area (Å²) in [6.45, 7) is 2.58. The Kier molecular flexibility index (Phi) is 3.71. The van der Waals surface area contributed by atoms with Crippen molar-refractivity contribution in [1.82, 2.24) is 9.78 Å². The molecule has 0 fully saturated rings. The van der Waals surface area contributed by atoms with Gasteiger partial charge in [-0.15, -0.1) is 0 Å². The third-order valence-corrected chi connectivity index (χ3v) is 4.41. The van der Waals surface area contributed by atoms with Crippen LogP contribution in [0, 0.1) is 0 Å². The van der Waals surface area contributed by atoms with Gasteiger partial charge in [0.05, 0.1) is 21.4 Å². The van der Waals surface area contributed by atoms with E-state index in [0.717, 1.165) is 22.3 Å². The number of fused-ring (bicyclic) bond motifs is 1. The highest BCUT2D eigenvalue weighted by molar-refractivity contribution is 9.10. The molecule has 2 heterocycles. The molecule has 0 saturated heterocycles. The van der Waals surface area contributed by atoms with Crippen LogP contribution in [-0.2, 0) is 20.1 Å². The summed E-state index contributed by atoms with van der Waals surface area (Å²) in [6.07, 6.45) is 0.864.